The van der Waals surface area contributed by atoms with E-state index >= 15 is 0 Å². The lowest BCUT2D eigenvalue weighted by Crippen LogP contribution is -2.17. The van der Waals surface area contributed by atoms with Crippen LogP contribution in [0.15, 0.2) is 42.7 Å². The zero-order chi connectivity index (χ0) is 17.4. The van der Waals surface area contributed by atoms with Gasteiger partial charge in [0.05, 0.1) is 29.6 Å². The van der Waals surface area contributed by atoms with Crippen LogP contribution in [0.3, 0.4) is 0 Å². The molecule has 0 aliphatic rings. The van der Waals surface area contributed by atoms with Gasteiger partial charge < -0.3 is 15.0 Å². The Kier molecular flexibility index (Phi) is 3.53. The number of methoxy groups -OCH3 is 1. The number of rotatable bonds is 3. The molecule has 1 amide bonds. The van der Waals surface area contributed by atoms with Gasteiger partial charge in [0.15, 0.2) is 0 Å². The van der Waals surface area contributed by atoms with Crippen molar-refractivity contribution in [2.45, 2.75) is 0 Å². The molecule has 0 aromatic carbocycles. The Morgan fingerprint density at radius 3 is 2.64 bits per heavy atom. The van der Waals surface area contributed by atoms with E-state index < -0.39 is 0 Å². The molecular formula is C18H15N5O2. The summed E-state index contributed by atoms with van der Waals surface area (Å²) in [6.07, 6.45) is 3.31. The molecule has 0 bridgehead atoms. The number of nitrogens with one attached hydrogen (secondary N) is 2. The van der Waals surface area contributed by atoms with Crippen molar-refractivity contribution in [1.82, 2.24) is 25.3 Å². The Labute approximate surface area is 143 Å². The number of hydrogen-bond acceptors (Lipinski definition) is 5. The van der Waals surface area contributed by atoms with Crippen molar-refractivity contribution in [3.05, 3.63) is 48.3 Å². The molecule has 0 fully saturated rings. The van der Waals surface area contributed by atoms with Crippen LogP contribution in [-0.4, -0.2) is 40.0 Å². The molecule has 0 radical (unpaired) electrons. The molecule has 4 aromatic heterocycles. The second-order valence-corrected chi connectivity index (χ2v) is 5.50. The first-order valence-electron chi connectivity index (χ1n) is 7.70. The lowest BCUT2D eigenvalue weighted by atomic mass is 10.1. The normalized spacial score (nSPS) is 11.0. The zero-order valence-corrected chi connectivity index (χ0v) is 13.7. The molecule has 0 spiro atoms. The van der Waals surface area contributed by atoms with Crippen molar-refractivity contribution >= 4 is 27.8 Å². The molecule has 0 atom stereocenters. The lowest BCUT2D eigenvalue weighted by molar-refractivity contribution is 0.0963. The van der Waals surface area contributed by atoms with Gasteiger partial charge in [-0.15, -0.1) is 0 Å². The van der Waals surface area contributed by atoms with Crippen LogP contribution in [0.1, 0.15) is 10.4 Å². The van der Waals surface area contributed by atoms with Crippen molar-refractivity contribution < 1.29 is 9.53 Å². The van der Waals surface area contributed by atoms with Gasteiger partial charge in [-0.3, -0.25) is 9.78 Å². The highest BCUT2D eigenvalue weighted by molar-refractivity contribution is 6.06. The fraction of sp³-hybridized carbons (Fsp3) is 0.111. The molecule has 0 saturated heterocycles. The van der Waals surface area contributed by atoms with Gasteiger partial charge in [-0.2, -0.15) is 0 Å². The largest absolute Gasteiger partial charge is 0.481 e. The zero-order valence-electron chi connectivity index (χ0n) is 13.7. The number of ether oxygens (including phenoxy) is 1. The number of aromatic amines is 1. The molecule has 0 aliphatic carbocycles. The van der Waals surface area contributed by atoms with Gasteiger partial charge in [0.25, 0.3) is 5.91 Å². The summed E-state index contributed by atoms with van der Waals surface area (Å²) in [5.41, 5.74) is 3.59. The summed E-state index contributed by atoms with van der Waals surface area (Å²) in [5, 5.41) is 4.54. The summed E-state index contributed by atoms with van der Waals surface area (Å²) in [6, 6.07) is 9.24. The topological polar surface area (TPSA) is 92.8 Å². The summed E-state index contributed by atoms with van der Waals surface area (Å²) in [5.74, 6) is 0.380. The van der Waals surface area contributed by atoms with Gasteiger partial charge in [-0.05, 0) is 24.3 Å². The highest BCUT2D eigenvalue weighted by atomic mass is 16.5. The summed E-state index contributed by atoms with van der Waals surface area (Å²) in [7, 11) is 3.17. The molecule has 4 heterocycles. The Bertz CT molecular complexity index is 1090. The van der Waals surface area contributed by atoms with Crippen LogP contribution >= 0.6 is 0 Å². The number of amides is 1. The van der Waals surface area contributed by atoms with E-state index in [1.807, 2.05) is 18.2 Å². The molecule has 0 unspecified atom stereocenters. The number of hydrogen-bond donors (Lipinski definition) is 2. The Morgan fingerprint density at radius 2 is 1.92 bits per heavy atom. The minimum Gasteiger partial charge on any atom is -0.481 e. The number of carbonyl (C=O) groups is 1. The first kappa shape index (κ1) is 15.1. The molecular weight excluding hydrogens is 318 g/mol. The Balaban J connectivity index is 1.78. The standard InChI is InChI=1S/C18H15N5O2/c1-19-18(24)10-3-5-13(20-8-10)14-6-4-11-12-9-21-16(25-2)7-15(12)23-17(11)22-14/h3-9H,1-2H3,(H,19,24)(H,22,23). The van der Waals surface area contributed by atoms with E-state index in [1.54, 1.807) is 38.7 Å². The second kappa shape index (κ2) is 5.86. The van der Waals surface area contributed by atoms with Gasteiger partial charge in [0, 0.05) is 36.3 Å². The Hall–Kier alpha value is -3.48. The van der Waals surface area contributed by atoms with Gasteiger partial charge in [-0.1, -0.05) is 0 Å². The molecule has 7 nitrogen and oxygen atoms in total. The van der Waals surface area contributed by atoms with Crippen LogP contribution in [0, 0.1) is 0 Å². The SMILES string of the molecule is CNC(=O)c1ccc(-c2ccc3c(n2)[nH]c2cc(OC)ncc23)nc1. The fourth-order valence-electron chi connectivity index (χ4n) is 2.73. The molecule has 0 saturated carbocycles. The minimum absolute atomic E-state index is 0.167. The number of pyridine rings is 3. The molecule has 4 aromatic rings. The van der Waals surface area contributed by atoms with E-state index in [2.05, 4.69) is 25.3 Å². The number of carbonyl (C=O) groups excluding carboxylic acids is 1. The summed E-state index contributed by atoms with van der Waals surface area (Å²) < 4.78 is 5.16. The summed E-state index contributed by atoms with van der Waals surface area (Å²) in [4.78, 5) is 28.1. The maximum atomic E-state index is 11.6. The van der Waals surface area contributed by atoms with Crippen LogP contribution in [-0.2, 0) is 0 Å². The van der Waals surface area contributed by atoms with E-state index in [0.717, 1.165) is 27.6 Å². The average molecular weight is 333 g/mol. The molecule has 4 rings (SSSR count). The van der Waals surface area contributed by atoms with Crippen LogP contribution in [0.4, 0.5) is 0 Å². The quantitative estimate of drug-likeness (QED) is 0.601. The number of aromatic nitrogens is 4. The lowest BCUT2D eigenvalue weighted by Gasteiger charge is -2.02. The first-order valence-corrected chi connectivity index (χ1v) is 7.70. The third-order valence-electron chi connectivity index (χ3n) is 4.04. The maximum absolute atomic E-state index is 11.6. The molecule has 0 aliphatic heterocycles. The highest BCUT2D eigenvalue weighted by Gasteiger charge is 2.10. The van der Waals surface area contributed by atoms with E-state index in [-0.39, 0.29) is 5.91 Å². The Morgan fingerprint density at radius 1 is 1.08 bits per heavy atom. The van der Waals surface area contributed by atoms with Crippen LogP contribution in [0.2, 0.25) is 0 Å². The smallest absolute Gasteiger partial charge is 0.252 e. The molecule has 2 N–H and O–H groups in total. The minimum atomic E-state index is -0.167. The van der Waals surface area contributed by atoms with Gasteiger partial charge in [0.1, 0.15) is 5.65 Å². The highest BCUT2D eigenvalue weighted by Crippen LogP contribution is 2.27. The van der Waals surface area contributed by atoms with Gasteiger partial charge >= 0.3 is 0 Å². The van der Waals surface area contributed by atoms with Crippen LogP contribution < -0.4 is 10.1 Å². The van der Waals surface area contributed by atoms with E-state index in [0.29, 0.717) is 17.1 Å². The van der Waals surface area contributed by atoms with Crippen LogP contribution in [0.25, 0.3) is 33.3 Å². The fourth-order valence-corrected chi connectivity index (χ4v) is 2.73. The van der Waals surface area contributed by atoms with Crippen molar-refractivity contribution in [3.8, 4) is 17.3 Å². The second-order valence-electron chi connectivity index (χ2n) is 5.50. The predicted octanol–water partition coefficient (Wildman–Crippen LogP) is 2.54. The third-order valence-corrected chi connectivity index (χ3v) is 4.04. The number of nitrogens with zero attached hydrogens (tertiary/aromatic N) is 3. The molecule has 7 heteroatoms. The third kappa shape index (κ3) is 2.55. The predicted molar refractivity (Wildman–Crippen MR) is 94.6 cm³/mol. The van der Waals surface area contributed by atoms with E-state index in [1.165, 1.54) is 0 Å². The first-order chi connectivity index (χ1) is 12.2. The maximum Gasteiger partial charge on any atom is 0.252 e. The molecule has 124 valence electrons. The van der Waals surface area contributed by atoms with Crippen molar-refractivity contribution in [2.75, 3.05) is 14.2 Å². The summed E-state index contributed by atoms with van der Waals surface area (Å²) >= 11 is 0. The van der Waals surface area contributed by atoms with E-state index in [9.17, 15) is 4.79 Å². The number of H-pyrrole nitrogens is 1. The van der Waals surface area contributed by atoms with Gasteiger partial charge in [-0.25, -0.2) is 9.97 Å². The van der Waals surface area contributed by atoms with Crippen molar-refractivity contribution in [3.63, 3.8) is 0 Å². The van der Waals surface area contributed by atoms with E-state index in [4.69, 9.17) is 4.74 Å². The monoisotopic (exact) mass is 333 g/mol. The van der Waals surface area contributed by atoms with Crippen molar-refractivity contribution in [2.24, 2.45) is 0 Å². The number of fused-ring (bicyclic) bond motifs is 3. The van der Waals surface area contributed by atoms with Crippen LogP contribution in [0.5, 0.6) is 5.88 Å². The molecule has 25 heavy (non-hydrogen) atoms. The van der Waals surface area contributed by atoms with Gasteiger partial charge in [0.2, 0.25) is 5.88 Å². The average Bonchev–Trinajstić information content (AvgIpc) is 3.04. The van der Waals surface area contributed by atoms with Crippen molar-refractivity contribution in [1.29, 1.82) is 0 Å². The summed E-state index contributed by atoms with van der Waals surface area (Å²) in [6.45, 7) is 0.